The van der Waals surface area contributed by atoms with Gasteiger partial charge in [0.05, 0.1) is 16.1 Å². The third kappa shape index (κ3) is 4.84. The molecule has 35 heavy (non-hydrogen) atoms. The summed E-state index contributed by atoms with van der Waals surface area (Å²) in [4.78, 5) is 11.9. The lowest BCUT2D eigenvalue weighted by atomic mass is 9.91. The Morgan fingerprint density at radius 1 is 1.06 bits per heavy atom. The Labute approximate surface area is 204 Å². The molecule has 1 amide bonds. The molecule has 1 aliphatic heterocycles. The molecular weight excluding hydrogens is 464 g/mol. The van der Waals surface area contributed by atoms with Crippen LogP contribution in [-0.2, 0) is 14.4 Å². The van der Waals surface area contributed by atoms with Crippen molar-refractivity contribution in [2.45, 2.75) is 30.6 Å². The number of nitrogens with two attached hydrogens (primary N) is 1. The van der Waals surface area contributed by atoms with Crippen LogP contribution in [0.3, 0.4) is 0 Å². The van der Waals surface area contributed by atoms with Gasteiger partial charge in [-0.3, -0.25) is 4.79 Å². The van der Waals surface area contributed by atoms with Crippen molar-refractivity contribution in [1.29, 1.82) is 0 Å². The second-order valence-corrected chi connectivity index (χ2v) is 10.4. The molecule has 0 aliphatic carbocycles. The molecule has 1 fully saturated rings. The van der Waals surface area contributed by atoms with Crippen LogP contribution in [0, 0.1) is 6.92 Å². The van der Waals surface area contributed by atoms with Gasteiger partial charge < -0.3 is 5.73 Å². The molecule has 5 rings (SSSR count). The zero-order valence-corrected chi connectivity index (χ0v) is 20.1. The summed E-state index contributed by atoms with van der Waals surface area (Å²) in [7, 11) is -3.87. The Kier molecular flexibility index (Phi) is 6.14. The van der Waals surface area contributed by atoms with Crippen LogP contribution in [-0.4, -0.2) is 42.3 Å². The number of aryl methyl sites for hydroxylation is 1. The molecular formula is C26H26N4O4S. The minimum absolute atomic E-state index is 0.143. The average Bonchev–Trinajstić information content (AvgIpc) is 3.29. The van der Waals surface area contributed by atoms with E-state index < -0.39 is 16.0 Å². The zero-order valence-electron chi connectivity index (χ0n) is 19.3. The summed E-state index contributed by atoms with van der Waals surface area (Å²) in [6.45, 7) is 2.95. The molecule has 1 aliphatic rings. The van der Waals surface area contributed by atoms with Crippen LogP contribution in [0.5, 0.6) is 0 Å². The van der Waals surface area contributed by atoms with Gasteiger partial charge in [-0.15, -0.1) is 0 Å². The molecule has 4 aromatic rings. The fourth-order valence-electron chi connectivity index (χ4n) is 4.44. The highest BCUT2D eigenvalue weighted by Gasteiger charge is 2.27. The summed E-state index contributed by atoms with van der Waals surface area (Å²) < 4.78 is 32.6. The van der Waals surface area contributed by atoms with Crippen LogP contribution in [0.4, 0.5) is 0 Å². The third-order valence-electron chi connectivity index (χ3n) is 6.33. The molecule has 2 heterocycles. The van der Waals surface area contributed by atoms with Crippen molar-refractivity contribution >= 4 is 26.9 Å². The fourth-order valence-corrected chi connectivity index (χ4v) is 5.41. The van der Waals surface area contributed by atoms with Crippen molar-refractivity contribution in [2.75, 3.05) is 13.1 Å². The number of carbonyl (C=O) groups excluding carboxylic acids is 1. The van der Waals surface area contributed by atoms with Crippen LogP contribution in [0.2, 0.25) is 0 Å². The van der Waals surface area contributed by atoms with Gasteiger partial charge in [0.25, 0.3) is 5.91 Å². The Hall–Kier alpha value is -3.53. The SMILES string of the molecule is Cc1ccc(S(=O)(=O)ON2CCCC(c3ccc(-n4cc5cccc(C(N)=O)c5n4)cc3)C2)cc1. The predicted octanol–water partition coefficient (Wildman–Crippen LogP) is 3.93. The molecule has 1 saturated heterocycles. The maximum absolute atomic E-state index is 12.7. The second-order valence-electron chi connectivity index (χ2n) is 8.84. The van der Waals surface area contributed by atoms with Gasteiger partial charge in [-0.05, 0) is 61.6 Å². The highest BCUT2D eigenvalue weighted by Crippen LogP contribution is 2.29. The number of amides is 1. The molecule has 8 nitrogen and oxygen atoms in total. The van der Waals surface area contributed by atoms with Crippen LogP contribution < -0.4 is 5.73 Å². The van der Waals surface area contributed by atoms with E-state index in [0.717, 1.165) is 35.0 Å². The molecule has 3 aromatic carbocycles. The fraction of sp³-hybridized carbons (Fsp3) is 0.231. The first-order valence-corrected chi connectivity index (χ1v) is 12.9. The normalized spacial score (nSPS) is 17.0. The number of hydrogen-bond acceptors (Lipinski definition) is 6. The molecule has 0 spiro atoms. The summed E-state index contributed by atoms with van der Waals surface area (Å²) in [5.74, 6) is -0.367. The molecule has 1 atom stereocenters. The number of piperidine rings is 1. The minimum atomic E-state index is -3.87. The van der Waals surface area contributed by atoms with Crippen molar-refractivity contribution < 1.29 is 17.5 Å². The topological polar surface area (TPSA) is 108 Å². The van der Waals surface area contributed by atoms with Crippen molar-refractivity contribution in [3.05, 3.63) is 89.6 Å². The van der Waals surface area contributed by atoms with Gasteiger partial charge in [-0.25, -0.2) is 4.68 Å². The molecule has 0 radical (unpaired) electrons. The monoisotopic (exact) mass is 490 g/mol. The number of primary amides is 1. The molecule has 9 heteroatoms. The Bertz CT molecular complexity index is 1480. The molecule has 0 saturated carbocycles. The minimum Gasteiger partial charge on any atom is -0.366 e. The van der Waals surface area contributed by atoms with E-state index >= 15 is 0 Å². The van der Waals surface area contributed by atoms with Gasteiger partial charge in [0.2, 0.25) is 0 Å². The zero-order chi connectivity index (χ0) is 24.6. The van der Waals surface area contributed by atoms with Crippen LogP contribution in [0.1, 0.15) is 40.2 Å². The smallest absolute Gasteiger partial charge is 0.313 e. The summed E-state index contributed by atoms with van der Waals surface area (Å²) in [5.41, 5.74) is 9.38. The number of hydroxylamine groups is 2. The highest BCUT2D eigenvalue weighted by molar-refractivity contribution is 7.86. The van der Waals surface area contributed by atoms with Crippen molar-refractivity contribution in [1.82, 2.24) is 14.8 Å². The first-order chi connectivity index (χ1) is 16.8. The summed E-state index contributed by atoms with van der Waals surface area (Å²) in [6, 6.07) is 20.0. The van der Waals surface area contributed by atoms with E-state index in [1.165, 1.54) is 0 Å². The maximum Gasteiger partial charge on any atom is 0.313 e. The lowest BCUT2D eigenvalue weighted by Crippen LogP contribution is -2.36. The van der Waals surface area contributed by atoms with Gasteiger partial charge >= 0.3 is 10.1 Å². The Balaban J connectivity index is 1.31. The first kappa shape index (κ1) is 23.2. The van der Waals surface area contributed by atoms with E-state index in [2.05, 4.69) is 5.10 Å². The number of nitrogens with zero attached hydrogens (tertiary/aromatic N) is 3. The van der Waals surface area contributed by atoms with E-state index in [0.29, 0.717) is 24.2 Å². The summed E-state index contributed by atoms with van der Waals surface area (Å²) in [5, 5.41) is 6.93. The first-order valence-electron chi connectivity index (χ1n) is 11.4. The van der Waals surface area contributed by atoms with Crippen LogP contribution in [0.25, 0.3) is 16.6 Å². The summed E-state index contributed by atoms with van der Waals surface area (Å²) in [6.07, 6.45) is 3.64. The van der Waals surface area contributed by atoms with E-state index in [1.807, 2.05) is 43.5 Å². The second kappa shape index (κ2) is 9.26. The van der Waals surface area contributed by atoms with Crippen molar-refractivity contribution in [3.8, 4) is 5.69 Å². The standard InChI is InChI=1S/C26H26N4O4S/c1-18-7-13-23(14-8-18)35(32,33)34-29-15-3-5-20(16-29)19-9-11-22(12-10-19)30-17-21-4-2-6-24(26(27)31)25(21)28-30/h2,4,6-14,17,20H,3,5,15-16H2,1H3,(H2,27,31). The van der Waals surface area contributed by atoms with Crippen molar-refractivity contribution in [3.63, 3.8) is 0 Å². The largest absolute Gasteiger partial charge is 0.366 e. The van der Waals surface area contributed by atoms with E-state index in [1.54, 1.807) is 46.1 Å². The number of rotatable bonds is 6. The summed E-state index contributed by atoms with van der Waals surface area (Å²) >= 11 is 0. The lowest BCUT2D eigenvalue weighted by Gasteiger charge is -2.31. The molecule has 2 N–H and O–H groups in total. The molecule has 1 aromatic heterocycles. The van der Waals surface area contributed by atoms with Gasteiger partial charge in [0, 0.05) is 24.7 Å². The maximum atomic E-state index is 12.7. The molecule has 0 bridgehead atoms. The average molecular weight is 491 g/mol. The van der Waals surface area contributed by atoms with E-state index in [-0.39, 0.29) is 10.8 Å². The van der Waals surface area contributed by atoms with Crippen molar-refractivity contribution in [2.24, 2.45) is 5.73 Å². The predicted molar refractivity (Wildman–Crippen MR) is 133 cm³/mol. The number of aromatic nitrogens is 2. The van der Waals surface area contributed by atoms with E-state index in [9.17, 15) is 13.2 Å². The molecule has 180 valence electrons. The number of hydrogen-bond donors (Lipinski definition) is 1. The van der Waals surface area contributed by atoms with Gasteiger partial charge in [-0.2, -0.15) is 22.9 Å². The highest BCUT2D eigenvalue weighted by atomic mass is 32.2. The van der Waals surface area contributed by atoms with Crippen LogP contribution in [0.15, 0.2) is 77.8 Å². The number of carbonyl (C=O) groups is 1. The molecule has 1 unspecified atom stereocenters. The van der Waals surface area contributed by atoms with Gasteiger partial charge in [0.15, 0.2) is 0 Å². The quantitative estimate of drug-likeness (QED) is 0.439. The van der Waals surface area contributed by atoms with Crippen LogP contribution >= 0.6 is 0 Å². The number of fused-ring (bicyclic) bond motifs is 1. The Morgan fingerprint density at radius 3 is 2.51 bits per heavy atom. The lowest BCUT2D eigenvalue weighted by molar-refractivity contribution is -0.0715. The third-order valence-corrected chi connectivity index (χ3v) is 7.58. The van der Waals surface area contributed by atoms with E-state index in [4.69, 9.17) is 10.0 Å². The Morgan fingerprint density at radius 2 is 1.80 bits per heavy atom. The number of benzene rings is 3. The van der Waals surface area contributed by atoms with Gasteiger partial charge in [-0.1, -0.05) is 42.0 Å². The van der Waals surface area contributed by atoms with Gasteiger partial charge in [0.1, 0.15) is 5.52 Å².